The van der Waals surface area contributed by atoms with E-state index in [1.54, 1.807) is 6.08 Å². The molecule has 3 N–H and O–H groups in total. The van der Waals surface area contributed by atoms with Crippen LogP contribution < -0.4 is 5.32 Å². The zero-order valence-corrected chi connectivity index (χ0v) is 40.2. The van der Waals surface area contributed by atoms with Gasteiger partial charge in [0.15, 0.2) is 0 Å². The van der Waals surface area contributed by atoms with Crippen LogP contribution in [0.2, 0.25) is 0 Å². The second-order valence-electron chi connectivity index (χ2n) is 18.2. The maximum atomic E-state index is 12.4. The van der Waals surface area contributed by atoms with E-state index in [1.165, 1.54) is 199 Å². The fourth-order valence-electron chi connectivity index (χ4n) is 8.08. The largest absolute Gasteiger partial charge is 0.466 e. The van der Waals surface area contributed by atoms with Gasteiger partial charge >= 0.3 is 5.97 Å². The van der Waals surface area contributed by atoms with Crippen LogP contribution in [0.4, 0.5) is 0 Å². The second-order valence-corrected chi connectivity index (χ2v) is 18.2. The lowest BCUT2D eigenvalue weighted by Gasteiger charge is -2.20. The number of rotatable bonds is 49. The Kier molecular flexibility index (Phi) is 48.6. The molecular weight excluding hydrogens is 743 g/mol. The number of hydrogen-bond donors (Lipinski definition) is 3. The van der Waals surface area contributed by atoms with Gasteiger partial charge in [-0.2, -0.15) is 0 Å². The molecule has 0 spiro atoms. The first-order valence-electron chi connectivity index (χ1n) is 26.6. The Morgan fingerprint density at radius 3 is 1.23 bits per heavy atom. The smallest absolute Gasteiger partial charge is 0.305 e. The molecule has 6 nitrogen and oxygen atoms in total. The molecule has 0 rings (SSSR count). The first-order valence-corrected chi connectivity index (χ1v) is 26.6. The molecule has 60 heavy (non-hydrogen) atoms. The van der Waals surface area contributed by atoms with E-state index >= 15 is 0 Å². The molecule has 0 saturated heterocycles. The van der Waals surface area contributed by atoms with Crippen molar-refractivity contribution in [3.05, 3.63) is 24.3 Å². The van der Waals surface area contributed by atoms with Gasteiger partial charge in [0.1, 0.15) is 0 Å². The standard InChI is InChI=1S/C54H103NO5/c1-3-5-7-9-11-13-15-16-17-18-19-20-21-23-27-30-34-38-42-46-52(57)51(50-56)55-53(58)47-43-39-35-31-28-24-22-25-29-33-37-41-45-49-60-54(59)48-44-40-36-32-26-14-12-10-8-6-4-2/h10,12,42,46,51-52,56-57H,3-9,11,13-41,43-45,47-50H2,1-2H3,(H,55,58)/b12-10-,46-42+. The minimum atomic E-state index is -0.853. The number of esters is 1. The van der Waals surface area contributed by atoms with E-state index in [4.69, 9.17) is 4.74 Å². The van der Waals surface area contributed by atoms with Crippen LogP contribution in [0.1, 0.15) is 284 Å². The Balaban J connectivity index is 3.50. The number of carbonyl (C=O) groups excluding carboxylic acids is 2. The van der Waals surface area contributed by atoms with Gasteiger partial charge in [0.25, 0.3) is 0 Å². The van der Waals surface area contributed by atoms with E-state index in [9.17, 15) is 19.8 Å². The zero-order chi connectivity index (χ0) is 43.7. The number of amides is 1. The maximum Gasteiger partial charge on any atom is 0.305 e. The third-order valence-electron chi connectivity index (χ3n) is 12.2. The highest BCUT2D eigenvalue weighted by atomic mass is 16.5. The van der Waals surface area contributed by atoms with Crippen molar-refractivity contribution < 1.29 is 24.5 Å². The third kappa shape index (κ3) is 45.9. The van der Waals surface area contributed by atoms with Crippen LogP contribution in [-0.4, -0.2) is 47.4 Å². The quantitative estimate of drug-likeness (QED) is 0.0322. The minimum absolute atomic E-state index is 0.0179. The van der Waals surface area contributed by atoms with Gasteiger partial charge in [0.2, 0.25) is 5.91 Å². The van der Waals surface area contributed by atoms with Crippen molar-refractivity contribution in [3.63, 3.8) is 0 Å². The predicted octanol–water partition coefficient (Wildman–Crippen LogP) is 15.9. The Morgan fingerprint density at radius 1 is 0.450 bits per heavy atom. The Morgan fingerprint density at radius 2 is 0.800 bits per heavy atom. The summed E-state index contributed by atoms with van der Waals surface area (Å²) in [6, 6.07) is -0.638. The van der Waals surface area contributed by atoms with Crippen LogP contribution in [0.5, 0.6) is 0 Å². The van der Waals surface area contributed by atoms with E-state index in [2.05, 4.69) is 31.3 Å². The number of nitrogens with one attached hydrogen (secondary N) is 1. The summed E-state index contributed by atoms with van der Waals surface area (Å²) in [7, 11) is 0. The normalized spacial score (nSPS) is 12.8. The number of allylic oxidation sites excluding steroid dienone is 3. The van der Waals surface area contributed by atoms with Gasteiger partial charge in [0, 0.05) is 12.8 Å². The van der Waals surface area contributed by atoms with E-state index in [0.29, 0.717) is 19.4 Å². The summed E-state index contributed by atoms with van der Waals surface area (Å²) < 4.78 is 5.44. The fraction of sp³-hybridized carbons (Fsp3) is 0.889. The van der Waals surface area contributed by atoms with Crippen LogP contribution in [0.15, 0.2) is 24.3 Å². The summed E-state index contributed by atoms with van der Waals surface area (Å²) in [5.41, 5.74) is 0. The van der Waals surface area contributed by atoms with E-state index in [1.807, 2.05) is 6.08 Å². The molecule has 0 saturated carbocycles. The molecule has 0 aliphatic heterocycles. The predicted molar refractivity (Wildman–Crippen MR) is 260 cm³/mol. The molecule has 2 unspecified atom stereocenters. The highest BCUT2D eigenvalue weighted by Gasteiger charge is 2.18. The Labute approximate surface area is 373 Å². The van der Waals surface area contributed by atoms with Crippen LogP contribution in [-0.2, 0) is 14.3 Å². The first kappa shape index (κ1) is 58.3. The number of aliphatic hydroxyl groups excluding tert-OH is 2. The van der Waals surface area contributed by atoms with Gasteiger partial charge in [0.05, 0.1) is 25.4 Å². The van der Waals surface area contributed by atoms with Crippen LogP contribution in [0, 0.1) is 0 Å². The molecule has 0 aromatic carbocycles. The monoisotopic (exact) mass is 846 g/mol. The average molecular weight is 846 g/mol. The van der Waals surface area contributed by atoms with Gasteiger partial charge in [-0.15, -0.1) is 0 Å². The number of aliphatic hydroxyl groups is 2. The van der Waals surface area contributed by atoms with Crippen LogP contribution in [0.3, 0.4) is 0 Å². The van der Waals surface area contributed by atoms with Gasteiger partial charge in [-0.3, -0.25) is 9.59 Å². The van der Waals surface area contributed by atoms with Crippen molar-refractivity contribution in [2.45, 2.75) is 296 Å². The van der Waals surface area contributed by atoms with Crippen LogP contribution >= 0.6 is 0 Å². The van der Waals surface area contributed by atoms with E-state index < -0.39 is 12.1 Å². The maximum absolute atomic E-state index is 12.4. The Hall–Kier alpha value is -1.66. The summed E-state index contributed by atoms with van der Waals surface area (Å²) in [6.07, 6.45) is 58.9. The molecule has 0 fully saturated rings. The lowest BCUT2D eigenvalue weighted by molar-refractivity contribution is -0.143. The summed E-state index contributed by atoms with van der Waals surface area (Å²) in [4.78, 5) is 24.4. The summed E-state index contributed by atoms with van der Waals surface area (Å²) in [5, 5.41) is 23.1. The lowest BCUT2D eigenvalue weighted by Crippen LogP contribution is -2.45. The van der Waals surface area contributed by atoms with Crippen molar-refractivity contribution in [2.75, 3.05) is 13.2 Å². The molecule has 0 aromatic heterocycles. The van der Waals surface area contributed by atoms with E-state index in [0.717, 1.165) is 57.8 Å². The molecule has 354 valence electrons. The van der Waals surface area contributed by atoms with Gasteiger partial charge in [-0.25, -0.2) is 0 Å². The van der Waals surface area contributed by atoms with Crippen LogP contribution in [0.25, 0.3) is 0 Å². The third-order valence-corrected chi connectivity index (χ3v) is 12.2. The Bertz CT molecular complexity index is 935. The number of carbonyl (C=O) groups is 2. The SMILES string of the molecule is CCCC/C=C\CCCCCCCC(=O)OCCCCCCCCCCCCCCCC(=O)NC(CO)C(O)/C=C/CCCCCCCCCCCCCCCCCCC. The van der Waals surface area contributed by atoms with Gasteiger partial charge < -0.3 is 20.3 Å². The topological polar surface area (TPSA) is 95.9 Å². The van der Waals surface area contributed by atoms with Crippen molar-refractivity contribution in [2.24, 2.45) is 0 Å². The van der Waals surface area contributed by atoms with E-state index in [-0.39, 0.29) is 18.5 Å². The van der Waals surface area contributed by atoms with Crippen molar-refractivity contribution in [3.8, 4) is 0 Å². The lowest BCUT2D eigenvalue weighted by atomic mass is 10.0. The molecule has 2 atom stereocenters. The minimum Gasteiger partial charge on any atom is -0.466 e. The molecule has 0 aliphatic rings. The number of ether oxygens (including phenoxy) is 1. The summed E-state index contributed by atoms with van der Waals surface area (Å²) in [5.74, 6) is -0.0975. The molecule has 0 bridgehead atoms. The van der Waals surface area contributed by atoms with Crippen molar-refractivity contribution in [1.29, 1.82) is 0 Å². The highest BCUT2D eigenvalue weighted by molar-refractivity contribution is 5.76. The highest BCUT2D eigenvalue weighted by Crippen LogP contribution is 2.16. The average Bonchev–Trinajstić information content (AvgIpc) is 3.25. The van der Waals surface area contributed by atoms with Gasteiger partial charge in [-0.1, -0.05) is 244 Å². The summed E-state index contributed by atoms with van der Waals surface area (Å²) >= 11 is 0. The first-order chi connectivity index (χ1) is 29.5. The van der Waals surface area contributed by atoms with Gasteiger partial charge in [-0.05, 0) is 51.4 Å². The molecule has 6 heteroatoms. The molecular formula is C54H103NO5. The molecule has 0 radical (unpaired) electrons. The van der Waals surface area contributed by atoms with Crippen molar-refractivity contribution in [1.82, 2.24) is 5.32 Å². The molecule has 0 aromatic rings. The number of unbranched alkanes of at least 4 members (excludes halogenated alkanes) is 36. The number of hydrogen-bond acceptors (Lipinski definition) is 5. The second kappa shape index (κ2) is 50.0. The molecule has 0 heterocycles. The fourth-order valence-corrected chi connectivity index (χ4v) is 8.08. The molecule has 1 amide bonds. The van der Waals surface area contributed by atoms with Crippen molar-refractivity contribution >= 4 is 11.9 Å². The zero-order valence-electron chi connectivity index (χ0n) is 40.2. The summed E-state index contributed by atoms with van der Waals surface area (Å²) in [6.45, 7) is 4.84. The molecule has 0 aliphatic carbocycles.